The summed E-state index contributed by atoms with van der Waals surface area (Å²) in [6.45, 7) is 2.59. The van der Waals surface area contributed by atoms with Crippen LogP contribution in [0.3, 0.4) is 0 Å². The summed E-state index contributed by atoms with van der Waals surface area (Å²) in [4.78, 5) is 12.5. The molecule has 1 N–H and O–H groups in total. The van der Waals surface area contributed by atoms with Gasteiger partial charge in [-0.2, -0.15) is 10.1 Å². The first-order valence-corrected chi connectivity index (χ1v) is 9.39. The maximum absolute atomic E-state index is 13.3. The number of ether oxygens (including phenoxy) is 2. The Labute approximate surface area is 175 Å². The molecule has 0 radical (unpaired) electrons. The van der Waals surface area contributed by atoms with Crippen LogP contribution in [-0.2, 0) is 6.61 Å². The normalized spacial score (nSPS) is 18.5. The van der Waals surface area contributed by atoms with Gasteiger partial charge in [0.15, 0.2) is 0 Å². The van der Waals surface area contributed by atoms with Crippen molar-refractivity contribution in [2.75, 3.05) is 6.61 Å². The molecular formula is C21H20F4N2O4. The Morgan fingerprint density at radius 1 is 1.06 bits per heavy atom. The lowest BCUT2D eigenvalue weighted by atomic mass is 10.1. The third-order valence-corrected chi connectivity index (χ3v) is 4.57. The highest BCUT2D eigenvalue weighted by molar-refractivity contribution is 5.99. The molecule has 0 spiro atoms. The van der Waals surface area contributed by atoms with E-state index in [0.29, 0.717) is 23.7 Å². The fourth-order valence-corrected chi connectivity index (χ4v) is 2.93. The predicted octanol–water partition coefficient (Wildman–Crippen LogP) is 4.09. The van der Waals surface area contributed by atoms with Crippen LogP contribution in [0.1, 0.15) is 29.3 Å². The number of nitrogens with zero attached hydrogens (tertiary/aromatic N) is 2. The summed E-state index contributed by atoms with van der Waals surface area (Å²) in [6.07, 6.45) is -7.76. The molecule has 0 fully saturated rings. The van der Waals surface area contributed by atoms with Crippen molar-refractivity contribution in [1.82, 2.24) is 5.01 Å². The maximum atomic E-state index is 13.3. The van der Waals surface area contributed by atoms with Crippen molar-refractivity contribution >= 4 is 11.6 Å². The number of carbonyl (C=O) groups excluding carboxylic acids is 1. The fraction of sp³-hybridized carbons (Fsp3) is 0.333. The molecule has 1 aliphatic rings. The van der Waals surface area contributed by atoms with E-state index in [1.54, 1.807) is 24.3 Å². The third kappa shape index (κ3) is 4.96. The Kier molecular flexibility index (Phi) is 6.79. The minimum atomic E-state index is -3.47. The second kappa shape index (κ2) is 9.34. The maximum Gasteiger partial charge on any atom is 0.287 e. The Morgan fingerprint density at radius 2 is 1.65 bits per heavy atom. The van der Waals surface area contributed by atoms with Gasteiger partial charge >= 0.3 is 0 Å². The molecule has 0 aliphatic carbocycles. The summed E-state index contributed by atoms with van der Waals surface area (Å²) in [5.41, 5.74) is -3.51. The standard InChI is InChI=1S/C21H20F4N2O4/c1-2-30-15-7-9-16(10-8-15)31-12-13-3-5-14(6-4-13)19(28)27-21(29,20(24)25)11-17(26-27)18(22)23/h3-10,18,20,29H,2,11-12H2,1H3. The van der Waals surface area contributed by atoms with Gasteiger partial charge in [0.2, 0.25) is 5.72 Å². The molecule has 10 heteroatoms. The highest BCUT2D eigenvalue weighted by Crippen LogP contribution is 2.34. The molecule has 1 heterocycles. The van der Waals surface area contributed by atoms with Crippen LogP contribution >= 0.6 is 0 Å². The summed E-state index contributed by atoms with van der Waals surface area (Å²) in [6, 6.07) is 12.7. The van der Waals surface area contributed by atoms with Gasteiger partial charge in [-0.25, -0.2) is 17.6 Å². The number of alkyl halides is 4. The number of rotatable bonds is 8. The molecule has 2 aromatic rings. The van der Waals surface area contributed by atoms with E-state index in [1.807, 2.05) is 6.92 Å². The number of aliphatic hydroxyl groups is 1. The van der Waals surface area contributed by atoms with E-state index in [-0.39, 0.29) is 17.2 Å². The fourth-order valence-electron chi connectivity index (χ4n) is 2.93. The summed E-state index contributed by atoms with van der Waals surface area (Å²) >= 11 is 0. The number of carbonyl (C=O) groups is 1. The summed E-state index contributed by atoms with van der Waals surface area (Å²) in [7, 11) is 0. The molecular weight excluding hydrogens is 420 g/mol. The molecule has 0 saturated heterocycles. The van der Waals surface area contributed by atoms with E-state index in [4.69, 9.17) is 9.47 Å². The van der Waals surface area contributed by atoms with Gasteiger partial charge in [0, 0.05) is 12.0 Å². The van der Waals surface area contributed by atoms with Crippen molar-refractivity contribution in [2.24, 2.45) is 5.10 Å². The van der Waals surface area contributed by atoms with Crippen LogP contribution < -0.4 is 9.47 Å². The van der Waals surface area contributed by atoms with Crippen molar-refractivity contribution in [3.05, 3.63) is 59.7 Å². The largest absolute Gasteiger partial charge is 0.494 e. The van der Waals surface area contributed by atoms with Crippen LogP contribution in [0.5, 0.6) is 11.5 Å². The molecule has 31 heavy (non-hydrogen) atoms. The first kappa shape index (κ1) is 22.5. The molecule has 1 aliphatic heterocycles. The zero-order valence-corrected chi connectivity index (χ0v) is 16.5. The van der Waals surface area contributed by atoms with Gasteiger partial charge in [-0.05, 0) is 48.9 Å². The van der Waals surface area contributed by atoms with E-state index in [9.17, 15) is 27.5 Å². The SMILES string of the molecule is CCOc1ccc(OCc2ccc(C(=O)N3N=C(C(F)F)CC3(O)C(F)F)cc2)cc1. The molecule has 0 bridgehead atoms. The van der Waals surface area contributed by atoms with E-state index >= 15 is 0 Å². The average Bonchev–Trinajstić information content (AvgIpc) is 3.13. The number of hydrogen-bond acceptors (Lipinski definition) is 5. The topological polar surface area (TPSA) is 71.4 Å². The first-order valence-electron chi connectivity index (χ1n) is 9.39. The van der Waals surface area contributed by atoms with Gasteiger partial charge in [-0.1, -0.05) is 12.1 Å². The molecule has 2 aromatic carbocycles. The molecule has 0 aromatic heterocycles. The smallest absolute Gasteiger partial charge is 0.287 e. The molecule has 166 valence electrons. The van der Waals surface area contributed by atoms with E-state index in [2.05, 4.69) is 5.10 Å². The number of halogens is 4. The van der Waals surface area contributed by atoms with Gasteiger partial charge in [0.25, 0.3) is 18.8 Å². The molecule has 6 nitrogen and oxygen atoms in total. The lowest BCUT2D eigenvalue weighted by Crippen LogP contribution is -2.51. The van der Waals surface area contributed by atoms with Crippen molar-refractivity contribution in [3.8, 4) is 11.5 Å². The molecule has 1 amide bonds. The second-order valence-corrected chi connectivity index (χ2v) is 6.76. The molecule has 1 atom stereocenters. The van der Waals surface area contributed by atoms with Crippen LogP contribution in [-0.4, -0.2) is 46.9 Å². The monoisotopic (exact) mass is 440 g/mol. The Morgan fingerprint density at radius 3 is 2.16 bits per heavy atom. The quantitative estimate of drug-likeness (QED) is 0.628. The summed E-state index contributed by atoms with van der Waals surface area (Å²) < 4.78 is 63.3. The Balaban J connectivity index is 1.68. The summed E-state index contributed by atoms with van der Waals surface area (Å²) in [5, 5.41) is 13.4. The molecule has 3 rings (SSSR count). The predicted molar refractivity (Wildman–Crippen MR) is 104 cm³/mol. The third-order valence-electron chi connectivity index (χ3n) is 4.57. The number of amides is 1. The Bertz CT molecular complexity index is 935. The molecule has 0 saturated carbocycles. The van der Waals surface area contributed by atoms with Crippen LogP contribution in [0, 0.1) is 0 Å². The van der Waals surface area contributed by atoms with E-state index in [0.717, 1.165) is 0 Å². The van der Waals surface area contributed by atoms with Gasteiger partial charge in [0.1, 0.15) is 23.8 Å². The van der Waals surface area contributed by atoms with Gasteiger partial charge in [-0.15, -0.1) is 0 Å². The van der Waals surface area contributed by atoms with Crippen LogP contribution in [0.25, 0.3) is 0 Å². The van der Waals surface area contributed by atoms with Crippen LogP contribution in [0.15, 0.2) is 53.6 Å². The Hall–Kier alpha value is -3.14. The van der Waals surface area contributed by atoms with Crippen molar-refractivity contribution in [1.29, 1.82) is 0 Å². The average molecular weight is 440 g/mol. The number of hydrazone groups is 1. The van der Waals surface area contributed by atoms with Gasteiger partial charge in [0.05, 0.1) is 6.61 Å². The highest BCUT2D eigenvalue weighted by Gasteiger charge is 2.53. The van der Waals surface area contributed by atoms with Gasteiger partial charge < -0.3 is 14.6 Å². The first-order chi connectivity index (χ1) is 14.7. The van der Waals surface area contributed by atoms with E-state index < -0.39 is 36.6 Å². The minimum absolute atomic E-state index is 0.0323. The zero-order valence-electron chi connectivity index (χ0n) is 16.5. The van der Waals surface area contributed by atoms with Crippen molar-refractivity contribution < 1.29 is 36.9 Å². The number of hydrogen-bond donors (Lipinski definition) is 1. The van der Waals surface area contributed by atoms with Crippen LogP contribution in [0.4, 0.5) is 17.6 Å². The lowest BCUT2D eigenvalue weighted by Gasteiger charge is -2.30. The lowest BCUT2D eigenvalue weighted by molar-refractivity contribution is -0.164. The molecule has 1 unspecified atom stereocenters. The van der Waals surface area contributed by atoms with Crippen molar-refractivity contribution in [3.63, 3.8) is 0 Å². The minimum Gasteiger partial charge on any atom is -0.494 e. The van der Waals surface area contributed by atoms with Gasteiger partial charge in [-0.3, -0.25) is 4.79 Å². The summed E-state index contributed by atoms with van der Waals surface area (Å²) in [5.74, 6) is 0.190. The van der Waals surface area contributed by atoms with E-state index in [1.165, 1.54) is 24.3 Å². The number of benzene rings is 2. The van der Waals surface area contributed by atoms with Crippen molar-refractivity contribution in [2.45, 2.75) is 38.5 Å². The zero-order chi connectivity index (χ0) is 22.6. The van der Waals surface area contributed by atoms with Crippen LogP contribution in [0.2, 0.25) is 0 Å². The second-order valence-electron chi connectivity index (χ2n) is 6.76. The highest BCUT2D eigenvalue weighted by atomic mass is 19.3.